The summed E-state index contributed by atoms with van der Waals surface area (Å²) in [6, 6.07) is 0. The fourth-order valence-electron chi connectivity index (χ4n) is 0.267. The van der Waals surface area contributed by atoms with E-state index in [0.717, 1.165) is 10.6 Å². The molecule has 52 valence electrons. The zero-order chi connectivity index (χ0) is 7.28. The van der Waals surface area contributed by atoms with Crippen LogP contribution in [0, 0.1) is 0 Å². The summed E-state index contributed by atoms with van der Waals surface area (Å²) in [6.07, 6.45) is 0.990. The summed E-state index contributed by atoms with van der Waals surface area (Å²) in [7, 11) is 0. The van der Waals surface area contributed by atoms with Gasteiger partial charge in [-0.15, -0.1) is 0 Å². The van der Waals surface area contributed by atoms with E-state index in [4.69, 9.17) is 12.2 Å². The Bertz CT molecular complexity index is 121. The highest BCUT2D eigenvalue weighted by molar-refractivity contribution is 8.25. The van der Waals surface area contributed by atoms with Crippen molar-refractivity contribution >= 4 is 28.2 Å². The Morgan fingerprint density at radius 2 is 2.11 bits per heavy atom. The van der Waals surface area contributed by atoms with Crippen molar-refractivity contribution in [3.8, 4) is 0 Å². The fraction of sp³-hybridized carbons (Fsp3) is 0.571. The Kier molecular flexibility index (Phi) is 5.10. The van der Waals surface area contributed by atoms with Gasteiger partial charge in [-0.3, -0.25) is 0 Å². The molecular formula is C7H12S2. The lowest BCUT2D eigenvalue weighted by molar-refractivity contribution is 1.35. The highest BCUT2D eigenvalue weighted by atomic mass is 32.2. The molecule has 0 aromatic heterocycles. The molecule has 9 heavy (non-hydrogen) atoms. The number of thiocarbonyl (C=S) groups is 1. The lowest BCUT2D eigenvalue weighted by atomic mass is 10.4. The van der Waals surface area contributed by atoms with Crippen molar-refractivity contribution < 1.29 is 0 Å². The van der Waals surface area contributed by atoms with Crippen molar-refractivity contribution in [3.63, 3.8) is 0 Å². The van der Waals surface area contributed by atoms with Crippen LogP contribution in [0.15, 0.2) is 11.0 Å². The summed E-state index contributed by atoms with van der Waals surface area (Å²) in [5.41, 5.74) is 1.32. The molecule has 0 saturated heterocycles. The largest absolute Gasteiger partial charge is 0.0908 e. The van der Waals surface area contributed by atoms with Crippen LogP contribution in [0.2, 0.25) is 0 Å². The summed E-state index contributed by atoms with van der Waals surface area (Å²) < 4.78 is 1.07. The summed E-state index contributed by atoms with van der Waals surface area (Å²) in [5, 5.41) is 2.09. The topological polar surface area (TPSA) is 0 Å². The summed E-state index contributed by atoms with van der Waals surface area (Å²) in [5.74, 6) is 0. The molecule has 0 saturated carbocycles. The minimum absolute atomic E-state index is 0.990. The van der Waals surface area contributed by atoms with Gasteiger partial charge in [0.2, 0.25) is 0 Å². The monoisotopic (exact) mass is 160 g/mol. The van der Waals surface area contributed by atoms with Crippen molar-refractivity contribution in [3.05, 3.63) is 11.0 Å². The molecule has 0 unspecified atom stereocenters. The van der Waals surface area contributed by atoms with Gasteiger partial charge in [0.25, 0.3) is 0 Å². The van der Waals surface area contributed by atoms with Gasteiger partial charge in [-0.2, -0.15) is 0 Å². The molecule has 0 aromatic rings. The maximum atomic E-state index is 4.99. The van der Waals surface area contributed by atoms with Gasteiger partial charge in [0, 0.05) is 0 Å². The van der Waals surface area contributed by atoms with E-state index >= 15 is 0 Å². The second-order valence-electron chi connectivity index (χ2n) is 2.04. The number of thioether (sulfide) groups is 1. The highest BCUT2D eigenvalue weighted by Gasteiger charge is 1.87. The van der Waals surface area contributed by atoms with Gasteiger partial charge < -0.3 is 0 Å². The van der Waals surface area contributed by atoms with Gasteiger partial charge in [-0.25, -0.2) is 0 Å². The number of rotatable bonds is 2. The van der Waals surface area contributed by atoms with Gasteiger partial charge >= 0.3 is 0 Å². The molecule has 0 atom stereocenters. The van der Waals surface area contributed by atoms with E-state index in [9.17, 15) is 0 Å². The molecule has 0 aromatic carbocycles. The maximum absolute atomic E-state index is 4.99. The standard InChI is InChI=1S/C7H12S2/c1-4-7(8)9-5-6(2)3/h5H,4H2,1-3H3. The van der Waals surface area contributed by atoms with Crippen LogP contribution < -0.4 is 0 Å². The molecule has 0 bridgehead atoms. The molecule has 0 radical (unpaired) electrons. The molecule has 0 aliphatic rings. The van der Waals surface area contributed by atoms with Crippen molar-refractivity contribution in [2.75, 3.05) is 0 Å². The first-order valence-electron chi connectivity index (χ1n) is 2.99. The highest BCUT2D eigenvalue weighted by Crippen LogP contribution is 2.11. The van der Waals surface area contributed by atoms with Crippen LogP contribution in [0.5, 0.6) is 0 Å². The zero-order valence-corrected chi connectivity index (χ0v) is 7.73. The Hall–Kier alpha value is 0.180. The lowest BCUT2D eigenvalue weighted by Gasteiger charge is -1.92. The molecule has 0 heterocycles. The molecule has 0 nitrogen and oxygen atoms in total. The van der Waals surface area contributed by atoms with Crippen LogP contribution in [0.4, 0.5) is 0 Å². The Morgan fingerprint density at radius 3 is 2.44 bits per heavy atom. The smallest absolute Gasteiger partial charge is 0.0518 e. The van der Waals surface area contributed by atoms with Crippen LogP contribution in [-0.4, -0.2) is 4.20 Å². The quantitative estimate of drug-likeness (QED) is 0.568. The van der Waals surface area contributed by atoms with E-state index in [1.807, 2.05) is 0 Å². The third-order valence-electron chi connectivity index (χ3n) is 0.715. The predicted molar refractivity (Wildman–Crippen MR) is 49.9 cm³/mol. The lowest BCUT2D eigenvalue weighted by Crippen LogP contribution is -1.78. The van der Waals surface area contributed by atoms with Gasteiger partial charge in [-0.1, -0.05) is 36.5 Å². The minimum Gasteiger partial charge on any atom is -0.0908 e. The first kappa shape index (κ1) is 9.18. The van der Waals surface area contributed by atoms with Crippen molar-refractivity contribution in [1.82, 2.24) is 0 Å². The molecular weight excluding hydrogens is 148 g/mol. The van der Waals surface area contributed by atoms with Gasteiger partial charge in [0.1, 0.15) is 0 Å². The van der Waals surface area contributed by atoms with Gasteiger partial charge in [-0.05, 0) is 25.7 Å². The maximum Gasteiger partial charge on any atom is 0.0518 e. The van der Waals surface area contributed by atoms with E-state index < -0.39 is 0 Å². The van der Waals surface area contributed by atoms with Crippen LogP contribution in [0.1, 0.15) is 27.2 Å². The van der Waals surface area contributed by atoms with E-state index in [1.54, 1.807) is 11.8 Å². The van der Waals surface area contributed by atoms with E-state index in [-0.39, 0.29) is 0 Å². The average molecular weight is 160 g/mol. The second kappa shape index (κ2) is 5.00. The zero-order valence-electron chi connectivity index (χ0n) is 6.10. The number of allylic oxidation sites excluding steroid dienone is 1. The van der Waals surface area contributed by atoms with Crippen LogP contribution in [-0.2, 0) is 0 Å². The molecule has 0 N–H and O–H groups in total. The summed E-state index contributed by atoms with van der Waals surface area (Å²) >= 11 is 6.65. The van der Waals surface area contributed by atoms with E-state index in [2.05, 4.69) is 26.2 Å². The number of hydrogen-bond donors (Lipinski definition) is 0. The molecule has 0 spiro atoms. The second-order valence-corrected chi connectivity index (χ2v) is 3.75. The van der Waals surface area contributed by atoms with Gasteiger partial charge in [0.05, 0.1) is 4.20 Å². The summed E-state index contributed by atoms with van der Waals surface area (Å²) in [4.78, 5) is 0. The molecule has 2 heteroatoms. The normalized spacial score (nSPS) is 8.78. The Labute approximate surface area is 66.7 Å². The Morgan fingerprint density at radius 1 is 1.56 bits per heavy atom. The molecule has 0 aliphatic heterocycles. The van der Waals surface area contributed by atoms with Crippen molar-refractivity contribution in [1.29, 1.82) is 0 Å². The van der Waals surface area contributed by atoms with Gasteiger partial charge in [0.15, 0.2) is 0 Å². The van der Waals surface area contributed by atoms with Crippen LogP contribution >= 0.6 is 24.0 Å². The third-order valence-corrected chi connectivity index (χ3v) is 2.43. The fourth-order valence-corrected chi connectivity index (χ4v) is 0.945. The van der Waals surface area contributed by atoms with Crippen molar-refractivity contribution in [2.45, 2.75) is 27.2 Å². The number of hydrogen-bond acceptors (Lipinski definition) is 2. The third kappa shape index (κ3) is 6.06. The molecule has 0 aliphatic carbocycles. The van der Waals surface area contributed by atoms with Crippen LogP contribution in [0.3, 0.4) is 0 Å². The predicted octanol–water partition coefficient (Wildman–Crippen LogP) is 3.38. The molecule has 0 fully saturated rings. The van der Waals surface area contributed by atoms with Crippen molar-refractivity contribution in [2.24, 2.45) is 0 Å². The molecule has 0 rings (SSSR count). The first-order chi connectivity index (χ1) is 4.16. The SMILES string of the molecule is CCC(=S)SC=C(C)C. The minimum atomic E-state index is 0.990. The Balaban J connectivity index is 3.50. The first-order valence-corrected chi connectivity index (χ1v) is 4.28. The van der Waals surface area contributed by atoms with E-state index in [1.165, 1.54) is 5.57 Å². The summed E-state index contributed by atoms with van der Waals surface area (Å²) in [6.45, 7) is 6.23. The van der Waals surface area contributed by atoms with E-state index in [0.29, 0.717) is 0 Å². The van der Waals surface area contributed by atoms with Crippen LogP contribution in [0.25, 0.3) is 0 Å². The average Bonchev–Trinajstić information content (AvgIpc) is 1.83. The molecule has 0 amide bonds.